The zero-order chi connectivity index (χ0) is 21.4. The summed E-state index contributed by atoms with van der Waals surface area (Å²) in [6.07, 6.45) is 0. The SMILES string of the molecule is Cc1ccc(Cl)c2sc(N(CCN3CCOCC3)C(=O)c3ccc4ncsc4c3)nc12. The Balaban J connectivity index is 1.51. The van der Waals surface area contributed by atoms with Crippen molar-refractivity contribution in [2.24, 2.45) is 0 Å². The molecule has 0 unspecified atom stereocenters. The molecule has 9 heteroatoms. The van der Waals surface area contributed by atoms with Crippen molar-refractivity contribution in [1.82, 2.24) is 14.9 Å². The number of carbonyl (C=O) groups excluding carboxylic acids is 1. The second-order valence-corrected chi connectivity index (χ2v) is 9.76. The third-order valence-corrected chi connectivity index (χ3v) is 7.81. The first-order valence-electron chi connectivity index (χ1n) is 10.1. The van der Waals surface area contributed by atoms with Crippen LogP contribution in [0, 0.1) is 6.92 Å². The number of hydrogen-bond acceptors (Lipinski definition) is 7. The lowest BCUT2D eigenvalue weighted by molar-refractivity contribution is 0.0391. The molecular weight excluding hydrogens is 452 g/mol. The smallest absolute Gasteiger partial charge is 0.260 e. The Labute approximate surface area is 193 Å². The van der Waals surface area contributed by atoms with Gasteiger partial charge in [0.15, 0.2) is 5.13 Å². The monoisotopic (exact) mass is 472 g/mol. The highest BCUT2D eigenvalue weighted by Crippen LogP contribution is 2.36. The fourth-order valence-electron chi connectivity index (χ4n) is 3.70. The molecule has 0 N–H and O–H groups in total. The van der Waals surface area contributed by atoms with E-state index in [4.69, 9.17) is 21.3 Å². The first kappa shape index (κ1) is 20.8. The molecule has 5 rings (SSSR count). The van der Waals surface area contributed by atoms with E-state index in [1.165, 1.54) is 22.7 Å². The van der Waals surface area contributed by atoms with Gasteiger partial charge in [0.25, 0.3) is 5.91 Å². The largest absolute Gasteiger partial charge is 0.379 e. The van der Waals surface area contributed by atoms with Gasteiger partial charge in [0.1, 0.15) is 0 Å². The summed E-state index contributed by atoms with van der Waals surface area (Å²) in [6, 6.07) is 9.52. The van der Waals surface area contributed by atoms with Gasteiger partial charge in [-0.2, -0.15) is 0 Å². The zero-order valence-electron chi connectivity index (χ0n) is 17.0. The number of amides is 1. The average molecular weight is 473 g/mol. The highest BCUT2D eigenvalue weighted by molar-refractivity contribution is 7.23. The standard InChI is InChI=1S/C22H21ClN4O2S2/c1-14-2-4-16(23)20-19(14)25-22(31-20)27(7-6-26-8-10-29-11-9-26)21(28)15-3-5-17-18(12-15)30-13-24-17/h2-5,12-13H,6-11H2,1H3. The number of aromatic nitrogens is 2. The molecule has 2 aromatic carbocycles. The highest BCUT2D eigenvalue weighted by atomic mass is 35.5. The summed E-state index contributed by atoms with van der Waals surface area (Å²) < 4.78 is 7.37. The number of nitrogens with zero attached hydrogens (tertiary/aromatic N) is 4. The van der Waals surface area contributed by atoms with Crippen LogP contribution in [0.25, 0.3) is 20.4 Å². The number of benzene rings is 2. The van der Waals surface area contributed by atoms with E-state index in [1.54, 1.807) is 10.4 Å². The van der Waals surface area contributed by atoms with Crippen molar-refractivity contribution in [2.45, 2.75) is 6.92 Å². The van der Waals surface area contributed by atoms with Gasteiger partial charge in [-0.25, -0.2) is 9.97 Å². The molecule has 2 aromatic heterocycles. The Morgan fingerprint density at radius 3 is 2.90 bits per heavy atom. The number of morpholine rings is 1. The first-order chi connectivity index (χ1) is 15.1. The molecule has 0 saturated carbocycles. The number of anilines is 1. The van der Waals surface area contributed by atoms with Gasteiger partial charge in [-0.3, -0.25) is 14.6 Å². The van der Waals surface area contributed by atoms with Gasteiger partial charge < -0.3 is 4.74 Å². The molecule has 1 amide bonds. The Kier molecular flexibility index (Phi) is 5.90. The molecule has 160 valence electrons. The van der Waals surface area contributed by atoms with Crippen LogP contribution in [0.5, 0.6) is 0 Å². The summed E-state index contributed by atoms with van der Waals surface area (Å²) in [5.41, 5.74) is 5.25. The van der Waals surface area contributed by atoms with Crippen molar-refractivity contribution in [3.8, 4) is 0 Å². The number of hydrogen-bond donors (Lipinski definition) is 0. The van der Waals surface area contributed by atoms with Crippen LogP contribution in [0.15, 0.2) is 35.8 Å². The van der Waals surface area contributed by atoms with Crippen molar-refractivity contribution in [3.63, 3.8) is 0 Å². The van der Waals surface area contributed by atoms with Gasteiger partial charge in [0, 0.05) is 31.7 Å². The maximum Gasteiger partial charge on any atom is 0.260 e. The van der Waals surface area contributed by atoms with Crippen molar-refractivity contribution in [3.05, 3.63) is 52.0 Å². The normalized spacial score (nSPS) is 15.0. The van der Waals surface area contributed by atoms with Gasteiger partial charge >= 0.3 is 0 Å². The molecule has 1 aliphatic rings. The Hall–Kier alpha value is -2.10. The lowest BCUT2D eigenvalue weighted by atomic mass is 10.2. The minimum Gasteiger partial charge on any atom is -0.379 e. The van der Waals surface area contributed by atoms with Crippen LogP contribution < -0.4 is 4.90 Å². The van der Waals surface area contributed by atoms with E-state index in [0.717, 1.165) is 58.8 Å². The molecule has 6 nitrogen and oxygen atoms in total. The fourth-order valence-corrected chi connectivity index (χ4v) is 5.76. The van der Waals surface area contributed by atoms with E-state index >= 15 is 0 Å². The number of carbonyl (C=O) groups is 1. The van der Waals surface area contributed by atoms with E-state index in [1.807, 2.05) is 37.3 Å². The topological polar surface area (TPSA) is 58.6 Å². The predicted molar refractivity (Wildman–Crippen MR) is 128 cm³/mol. The molecule has 0 aliphatic carbocycles. The molecule has 31 heavy (non-hydrogen) atoms. The summed E-state index contributed by atoms with van der Waals surface area (Å²) in [4.78, 5) is 26.9. The molecular formula is C22H21ClN4O2S2. The molecule has 4 aromatic rings. The van der Waals surface area contributed by atoms with Crippen molar-refractivity contribution in [2.75, 3.05) is 44.3 Å². The van der Waals surface area contributed by atoms with Crippen LogP contribution in [0.1, 0.15) is 15.9 Å². The maximum absolute atomic E-state index is 13.6. The lowest BCUT2D eigenvalue weighted by Gasteiger charge is -2.29. The minimum absolute atomic E-state index is 0.0589. The third kappa shape index (κ3) is 4.18. The minimum atomic E-state index is -0.0589. The third-order valence-electron chi connectivity index (χ3n) is 5.48. The molecule has 0 spiro atoms. The van der Waals surface area contributed by atoms with E-state index in [-0.39, 0.29) is 5.91 Å². The quantitative estimate of drug-likeness (QED) is 0.415. The Bertz CT molecular complexity index is 1210. The highest BCUT2D eigenvalue weighted by Gasteiger charge is 2.24. The number of thiazole rings is 2. The van der Waals surface area contributed by atoms with E-state index < -0.39 is 0 Å². The Morgan fingerprint density at radius 1 is 1.26 bits per heavy atom. The fraction of sp³-hybridized carbons (Fsp3) is 0.318. The number of ether oxygens (including phenoxy) is 1. The van der Waals surface area contributed by atoms with Crippen LogP contribution >= 0.6 is 34.3 Å². The molecule has 0 atom stereocenters. The van der Waals surface area contributed by atoms with E-state index in [0.29, 0.717) is 22.3 Å². The number of fused-ring (bicyclic) bond motifs is 2. The number of rotatable bonds is 5. The van der Waals surface area contributed by atoms with Crippen molar-refractivity contribution < 1.29 is 9.53 Å². The average Bonchev–Trinajstić information content (AvgIpc) is 3.44. The van der Waals surface area contributed by atoms with E-state index in [9.17, 15) is 4.79 Å². The maximum atomic E-state index is 13.6. The summed E-state index contributed by atoms with van der Waals surface area (Å²) in [7, 11) is 0. The van der Waals surface area contributed by atoms with Crippen LogP contribution in [-0.2, 0) is 4.74 Å². The molecule has 0 radical (unpaired) electrons. The summed E-state index contributed by atoms with van der Waals surface area (Å²) >= 11 is 9.44. The lowest BCUT2D eigenvalue weighted by Crippen LogP contribution is -2.43. The molecule has 1 fully saturated rings. The Morgan fingerprint density at radius 2 is 2.10 bits per heavy atom. The van der Waals surface area contributed by atoms with Gasteiger partial charge in [-0.15, -0.1) is 11.3 Å². The molecule has 3 heterocycles. The van der Waals surface area contributed by atoms with Gasteiger partial charge in [-0.1, -0.05) is 29.0 Å². The second kappa shape index (κ2) is 8.80. The summed E-state index contributed by atoms with van der Waals surface area (Å²) in [5.74, 6) is -0.0589. The molecule has 1 saturated heterocycles. The van der Waals surface area contributed by atoms with E-state index in [2.05, 4.69) is 9.88 Å². The first-order valence-corrected chi connectivity index (χ1v) is 12.2. The second-order valence-electron chi connectivity index (χ2n) is 7.48. The van der Waals surface area contributed by atoms with Crippen molar-refractivity contribution in [1.29, 1.82) is 0 Å². The van der Waals surface area contributed by atoms with Crippen LogP contribution in [0.4, 0.5) is 5.13 Å². The number of aryl methyl sites for hydroxylation is 1. The predicted octanol–water partition coefficient (Wildman–Crippen LogP) is 4.85. The summed E-state index contributed by atoms with van der Waals surface area (Å²) in [5, 5.41) is 1.34. The van der Waals surface area contributed by atoms with Gasteiger partial charge in [0.2, 0.25) is 0 Å². The van der Waals surface area contributed by atoms with Crippen LogP contribution in [-0.4, -0.2) is 60.2 Å². The van der Waals surface area contributed by atoms with Crippen molar-refractivity contribution >= 4 is 65.7 Å². The molecule has 0 bridgehead atoms. The van der Waals surface area contributed by atoms with Gasteiger partial charge in [-0.05, 0) is 36.8 Å². The van der Waals surface area contributed by atoms with Gasteiger partial charge in [0.05, 0.1) is 44.2 Å². The van der Waals surface area contributed by atoms with Crippen LogP contribution in [0.3, 0.4) is 0 Å². The molecule has 1 aliphatic heterocycles. The van der Waals surface area contributed by atoms with Crippen LogP contribution in [0.2, 0.25) is 5.02 Å². The summed E-state index contributed by atoms with van der Waals surface area (Å²) in [6.45, 7) is 6.54. The zero-order valence-corrected chi connectivity index (χ0v) is 19.4. The number of halogens is 1.